The van der Waals surface area contributed by atoms with Gasteiger partial charge in [0.1, 0.15) is 6.61 Å². The molecule has 78 valence electrons. The van der Waals surface area contributed by atoms with Gasteiger partial charge in [0.15, 0.2) is 5.90 Å². The van der Waals surface area contributed by atoms with Crippen LogP contribution in [0.25, 0.3) is 0 Å². The summed E-state index contributed by atoms with van der Waals surface area (Å²) in [6.07, 6.45) is 2.52. The van der Waals surface area contributed by atoms with E-state index in [4.69, 9.17) is 4.74 Å². The average Bonchev–Trinajstić information content (AvgIpc) is 2.40. The lowest BCUT2D eigenvalue weighted by Gasteiger charge is -1.86. The van der Waals surface area contributed by atoms with Crippen LogP contribution in [0.5, 0.6) is 0 Å². The van der Waals surface area contributed by atoms with Crippen LogP contribution >= 0.6 is 22.7 Å². The van der Waals surface area contributed by atoms with Crippen LogP contribution in [0.1, 0.15) is 29.1 Å². The van der Waals surface area contributed by atoms with Crippen molar-refractivity contribution in [3.63, 3.8) is 0 Å². The van der Waals surface area contributed by atoms with Gasteiger partial charge < -0.3 is 4.74 Å². The first-order valence-electron chi connectivity index (χ1n) is 3.65. The van der Waals surface area contributed by atoms with Gasteiger partial charge in [-0.25, -0.2) is 0 Å². The molecule has 2 nitrogen and oxygen atoms in total. The summed E-state index contributed by atoms with van der Waals surface area (Å²) in [6.45, 7) is 5.66. The van der Waals surface area contributed by atoms with Gasteiger partial charge in [-0.15, -0.1) is 9.24 Å². The minimum Gasteiger partial charge on any atom is -0.479 e. The highest BCUT2D eigenvalue weighted by Gasteiger charge is 1.96. The SMILES string of the molecule is C.CC1=NCCO1.CCCP.S.[HH]. The van der Waals surface area contributed by atoms with Crippen molar-refractivity contribution in [3.05, 3.63) is 0 Å². The van der Waals surface area contributed by atoms with Gasteiger partial charge in [0.25, 0.3) is 0 Å². The quantitative estimate of drug-likeness (QED) is 0.614. The third kappa shape index (κ3) is 12.9. The van der Waals surface area contributed by atoms with E-state index < -0.39 is 0 Å². The number of aliphatic imine (C=N–C) groups is 1. The van der Waals surface area contributed by atoms with Crippen molar-refractivity contribution in [3.8, 4) is 0 Å². The average molecular weight is 213 g/mol. The minimum absolute atomic E-state index is 0. The second kappa shape index (κ2) is 13.8. The molecule has 0 bridgehead atoms. The fourth-order valence-electron chi connectivity index (χ4n) is 0.442. The van der Waals surface area contributed by atoms with E-state index in [0.717, 1.165) is 19.0 Å². The zero-order valence-electron chi connectivity index (χ0n) is 7.26. The molecule has 1 aliphatic rings. The van der Waals surface area contributed by atoms with E-state index in [1.165, 1.54) is 12.6 Å². The van der Waals surface area contributed by atoms with E-state index in [9.17, 15) is 0 Å². The molecule has 0 aliphatic carbocycles. The van der Waals surface area contributed by atoms with E-state index >= 15 is 0 Å². The lowest BCUT2D eigenvalue weighted by molar-refractivity contribution is 0.345. The number of hydrogen-bond acceptors (Lipinski definition) is 2. The molecule has 0 aromatic heterocycles. The van der Waals surface area contributed by atoms with E-state index in [2.05, 4.69) is 21.2 Å². The zero-order chi connectivity index (χ0) is 7.82. The summed E-state index contributed by atoms with van der Waals surface area (Å²) in [5, 5.41) is 0. The maximum atomic E-state index is 4.90. The first kappa shape index (κ1) is 18.1. The molecule has 0 spiro atoms. The Balaban J connectivity index is -0.0000000536. The molecule has 0 saturated carbocycles. The van der Waals surface area contributed by atoms with Gasteiger partial charge in [-0.3, -0.25) is 4.99 Å². The molecule has 1 heterocycles. The highest BCUT2D eigenvalue weighted by molar-refractivity contribution is 7.59. The van der Waals surface area contributed by atoms with E-state index in [-0.39, 0.29) is 22.3 Å². The summed E-state index contributed by atoms with van der Waals surface area (Å²) in [7, 11) is 2.66. The summed E-state index contributed by atoms with van der Waals surface area (Å²) in [5.41, 5.74) is 0. The maximum absolute atomic E-state index is 4.90. The molecule has 1 rings (SSSR count). The molecule has 0 radical (unpaired) electrons. The van der Waals surface area contributed by atoms with Crippen molar-refractivity contribution in [1.82, 2.24) is 0 Å². The summed E-state index contributed by atoms with van der Waals surface area (Å²) >= 11 is 0. The molecule has 1 unspecified atom stereocenters. The molecule has 4 heteroatoms. The van der Waals surface area contributed by atoms with Gasteiger partial charge >= 0.3 is 0 Å². The Morgan fingerprint density at radius 1 is 1.67 bits per heavy atom. The van der Waals surface area contributed by atoms with Crippen molar-refractivity contribution in [2.45, 2.75) is 27.7 Å². The van der Waals surface area contributed by atoms with Crippen LogP contribution in [0, 0.1) is 0 Å². The molecule has 0 aromatic rings. The fourth-order valence-corrected chi connectivity index (χ4v) is 0.442. The summed E-state index contributed by atoms with van der Waals surface area (Å²) in [5.74, 6) is 0.829. The highest BCUT2D eigenvalue weighted by Crippen LogP contribution is 1.89. The molecule has 1 atom stereocenters. The van der Waals surface area contributed by atoms with Crippen molar-refractivity contribution >= 4 is 28.6 Å². The van der Waals surface area contributed by atoms with Crippen LogP contribution in [0.15, 0.2) is 4.99 Å². The molecule has 0 fully saturated rings. The Hall–Kier alpha value is 0.250. The number of hydrogen-bond donors (Lipinski definition) is 0. The first-order chi connectivity index (χ1) is 4.81. The molecule has 0 aromatic carbocycles. The number of ether oxygens (including phenoxy) is 1. The van der Waals surface area contributed by atoms with Crippen molar-refractivity contribution in [1.29, 1.82) is 0 Å². The Bertz CT molecular complexity index is 112. The third-order valence-corrected chi connectivity index (χ3v) is 1.60. The predicted octanol–water partition coefficient (Wildman–Crippen LogP) is 2.70. The van der Waals surface area contributed by atoms with Crippen molar-refractivity contribution in [2.24, 2.45) is 4.99 Å². The van der Waals surface area contributed by atoms with Gasteiger partial charge in [0.05, 0.1) is 6.54 Å². The molecule has 0 saturated heterocycles. The topological polar surface area (TPSA) is 21.6 Å². The Morgan fingerprint density at radius 2 is 2.17 bits per heavy atom. The predicted molar refractivity (Wildman–Crippen MR) is 68.0 cm³/mol. The standard InChI is InChI=1S/C4H7NO.C3H9P.CH4.H2S.H2/c1-4-5-2-3-6-4;1-2-3-4;;;/h2-3H2,1H3;2-4H2,1H3;1H4;1H2;1H. The maximum Gasteiger partial charge on any atom is 0.180 e. The van der Waals surface area contributed by atoms with Gasteiger partial charge in [-0.1, -0.05) is 20.8 Å². The fraction of sp³-hybridized carbons (Fsp3) is 0.875. The monoisotopic (exact) mass is 213 g/mol. The summed E-state index contributed by atoms with van der Waals surface area (Å²) in [6, 6.07) is 0. The molecule has 0 N–H and O–H groups in total. The van der Waals surface area contributed by atoms with Crippen molar-refractivity contribution in [2.75, 3.05) is 19.3 Å². The van der Waals surface area contributed by atoms with Crippen LogP contribution in [0.3, 0.4) is 0 Å². The number of nitrogens with zero attached hydrogens (tertiary/aromatic N) is 1. The molecular formula is C8H24NOPS. The van der Waals surface area contributed by atoms with Gasteiger partial charge in [-0.05, 0) is 6.16 Å². The second-order valence-corrected chi connectivity index (χ2v) is 2.62. The normalized spacial score (nSPS) is 12.4. The zero-order valence-corrected chi connectivity index (χ0v) is 9.42. The van der Waals surface area contributed by atoms with E-state index in [0.29, 0.717) is 0 Å². The van der Waals surface area contributed by atoms with Crippen LogP contribution in [-0.2, 0) is 4.74 Å². The van der Waals surface area contributed by atoms with Crippen molar-refractivity contribution < 1.29 is 6.16 Å². The van der Waals surface area contributed by atoms with E-state index in [1.807, 2.05) is 6.92 Å². The smallest absolute Gasteiger partial charge is 0.180 e. The summed E-state index contributed by atoms with van der Waals surface area (Å²) < 4.78 is 4.90. The Labute approximate surface area is 87.3 Å². The number of rotatable bonds is 1. The van der Waals surface area contributed by atoms with E-state index in [1.54, 1.807) is 0 Å². The Kier molecular flexibility index (Phi) is 20.9. The Morgan fingerprint density at radius 3 is 2.25 bits per heavy atom. The van der Waals surface area contributed by atoms with Gasteiger partial charge in [0, 0.05) is 8.35 Å². The molecule has 0 amide bonds. The third-order valence-electron chi connectivity index (χ3n) is 1.03. The molecular weight excluding hydrogens is 189 g/mol. The largest absolute Gasteiger partial charge is 0.479 e. The van der Waals surface area contributed by atoms with Gasteiger partial charge in [-0.2, -0.15) is 13.5 Å². The lowest BCUT2D eigenvalue weighted by Crippen LogP contribution is -1.89. The molecule has 1 aliphatic heterocycles. The van der Waals surface area contributed by atoms with Crippen LogP contribution in [0.2, 0.25) is 0 Å². The van der Waals surface area contributed by atoms with Gasteiger partial charge in [0.2, 0.25) is 0 Å². The highest BCUT2D eigenvalue weighted by atomic mass is 32.1. The van der Waals surface area contributed by atoms with Crippen LogP contribution < -0.4 is 0 Å². The van der Waals surface area contributed by atoms with Crippen LogP contribution in [0.4, 0.5) is 0 Å². The minimum atomic E-state index is 0. The lowest BCUT2D eigenvalue weighted by atomic mass is 10.6. The van der Waals surface area contributed by atoms with Crippen LogP contribution in [-0.4, -0.2) is 25.2 Å². The first-order valence-corrected chi connectivity index (χ1v) is 4.46. The molecule has 12 heavy (non-hydrogen) atoms. The summed E-state index contributed by atoms with van der Waals surface area (Å²) in [4.78, 5) is 3.93. The second-order valence-electron chi connectivity index (χ2n) is 2.04.